The number of rotatable bonds is 30. The number of hydrogen-bond acceptors (Lipinski definition) is 10. The van der Waals surface area contributed by atoms with Gasteiger partial charge in [0.1, 0.15) is 18.8 Å². The molecule has 2 aliphatic heterocycles. The maximum absolute atomic E-state index is 13.9. The highest BCUT2D eigenvalue weighted by atomic mass is 28.4. The average molecular weight is 1190 g/mol. The fourth-order valence-electron chi connectivity index (χ4n) is 12.5. The van der Waals surface area contributed by atoms with Crippen LogP contribution in [0.3, 0.4) is 0 Å². The molecule has 2 saturated heterocycles. The molecule has 2 fully saturated rings. The van der Waals surface area contributed by atoms with Crippen LogP contribution in [-0.4, -0.2) is 116 Å². The number of carbonyl (C=O) groups is 1. The van der Waals surface area contributed by atoms with Crippen LogP contribution in [0.2, 0.25) is 77.6 Å². The van der Waals surface area contributed by atoms with Crippen molar-refractivity contribution < 1.29 is 45.9 Å². The van der Waals surface area contributed by atoms with Gasteiger partial charge in [0.05, 0.1) is 35.9 Å². The second kappa shape index (κ2) is 29.2. The summed E-state index contributed by atoms with van der Waals surface area (Å²) in [6.45, 7) is 50.5. The van der Waals surface area contributed by atoms with Crippen molar-refractivity contribution in [1.82, 2.24) is 0 Å². The van der Waals surface area contributed by atoms with E-state index in [4.69, 9.17) is 41.1 Å². The lowest BCUT2D eigenvalue weighted by Crippen LogP contribution is -2.70. The van der Waals surface area contributed by atoms with Gasteiger partial charge >= 0.3 is 5.97 Å². The number of hydrogen-bond donors (Lipinski definition) is 0. The Labute approximate surface area is 489 Å². The smallest absolute Gasteiger partial charge is 0.311 e. The molecular weight excluding hydrogens is 1070 g/mol. The molecule has 454 valence electrons. The van der Waals surface area contributed by atoms with E-state index in [2.05, 4.69) is 191 Å². The maximum atomic E-state index is 13.9. The van der Waals surface area contributed by atoms with Gasteiger partial charge in [-0.25, -0.2) is 0 Å². The molecule has 0 aromatic heterocycles. The molecule has 0 bridgehead atoms. The monoisotopic (exact) mass is 1190 g/mol. The van der Waals surface area contributed by atoms with E-state index in [1.54, 1.807) is 0 Å². The molecule has 0 saturated carbocycles. The van der Waals surface area contributed by atoms with Gasteiger partial charge in [0, 0.05) is 32.0 Å². The van der Waals surface area contributed by atoms with Gasteiger partial charge in [0.15, 0.2) is 39.1 Å². The average Bonchev–Trinajstić information content (AvgIpc) is 3.62. The zero-order valence-corrected chi connectivity index (χ0v) is 59.7. The first-order valence-corrected chi connectivity index (χ1v) is 43.9. The van der Waals surface area contributed by atoms with E-state index in [9.17, 15) is 4.79 Å². The number of ether oxygens (including phenoxy) is 4. The lowest BCUT2D eigenvalue weighted by Gasteiger charge is -2.58. The third-order valence-electron chi connectivity index (χ3n) is 20.0. The van der Waals surface area contributed by atoms with Crippen molar-refractivity contribution in [3.05, 3.63) is 60.7 Å². The van der Waals surface area contributed by atoms with E-state index in [-0.39, 0.29) is 52.8 Å². The quantitative estimate of drug-likeness (QED) is 0.0427. The van der Waals surface area contributed by atoms with Gasteiger partial charge < -0.3 is 41.1 Å². The Balaban J connectivity index is 1.95. The zero-order valence-electron chi connectivity index (χ0n) is 54.7. The SMILES string of the molecule is CC[Si](CC)(CC)O[C@@H]1[C@@H](C)[C@H]([C@H](O[Si](CC)(CC)CC)[C@@]2(OC)C[C@H](O[Si](C)(C)C(C)(C)C)[C@@H](C)[C@@H](CCCCO[Si](c3ccccc3)(c3ccccc3)C(C)(C)C)O2)O[C@H](COC(=O)C(C)(C)C)[C@H]1O[Si](CC)(CC)CC. The van der Waals surface area contributed by atoms with Crippen LogP contribution >= 0.6 is 0 Å². The first-order chi connectivity index (χ1) is 36.9. The summed E-state index contributed by atoms with van der Waals surface area (Å²) in [5, 5.41) is 2.44. The van der Waals surface area contributed by atoms with Gasteiger partial charge in [-0.3, -0.25) is 4.79 Å². The molecule has 10 nitrogen and oxygen atoms in total. The Kier molecular flexibility index (Phi) is 25.9. The predicted octanol–water partition coefficient (Wildman–Crippen LogP) is 16.1. The zero-order chi connectivity index (χ0) is 59.5. The van der Waals surface area contributed by atoms with Crippen molar-refractivity contribution in [1.29, 1.82) is 0 Å². The van der Waals surface area contributed by atoms with Gasteiger partial charge in [0.2, 0.25) is 0 Å². The third kappa shape index (κ3) is 16.2. The molecule has 79 heavy (non-hydrogen) atoms. The Hall–Kier alpha value is -1.33. The van der Waals surface area contributed by atoms with Gasteiger partial charge in [-0.15, -0.1) is 0 Å². The standard InChI is InChI=1S/C64H118O10Si5/c1-24-76(25-2,26-3)72-56-50(11)57(69-55(48-67-60(65)61(12,13)14)58(56)73-77(27-4,28-5)29-6)59(74-78(30-7,31-8)32-9)64(66-21)47-54(71-75(22,23)62(15,16)17)49(10)53(70-64)45-39-40-46-68-79(63(18,19)20,51-41-35-33-36-42-51)52-43-37-34-38-44-52/h33-38,41-44,49-50,53-59H,24-32,39-40,45-48H2,1-23H3/t49-,50+,53+,54-,55+,56+,57+,58+,59-,64+/m0/s1. The topological polar surface area (TPSA) is 100 Å². The van der Waals surface area contributed by atoms with Crippen molar-refractivity contribution in [3.8, 4) is 0 Å². The maximum Gasteiger partial charge on any atom is 0.311 e. The van der Waals surface area contributed by atoms with Crippen molar-refractivity contribution in [2.24, 2.45) is 17.3 Å². The van der Waals surface area contributed by atoms with Gasteiger partial charge in [-0.1, -0.05) is 178 Å². The summed E-state index contributed by atoms with van der Waals surface area (Å²) in [5.41, 5.74) is -0.703. The number of carbonyl (C=O) groups excluding carboxylic acids is 1. The normalized spacial score (nSPS) is 25.6. The largest absolute Gasteiger partial charge is 0.462 e. The summed E-state index contributed by atoms with van der Waals surface area (Å²) >= 11 is 0. The number of unbranched alkanes of at least 4 members (excludes halogenated alkanes) is 1. The molecule has 2 aromatic rings. The molecule has 0 amide bonds. The molecule has 0 radical (unpaired) electrons. The molecule has 4 rings (SSSR count). The summed E-state index contributed by atoms with van der Waals surface area (Å²) in [6.07, 6.45) is -0.0348. The Bertz CT molecular complexity index is 2030. The molecule has 15 heteroatoms. The summed E-state index contributed by atoms with van der Waals surface area (Å²) in [5.74, 6) is -1.68. The van der Waals surface area contributed by atoms with E-state index in [1.807, 2.05) is 27.9 Å². The summed E-state index contributed by atoms with van der Waals surface area (Å²) in [7, 11) is -10.3. The van der Waals surface area contributed by atoms with Crippen LogP contribution in [0.15, 0.2) is 60.7 Å². The molecule has 2 aromatic carbocycles. The van der Waals surface area contributed by atoms with Crippen LogP contribution in [0.5, 0.6) is 0 Å². The van der Waals surface area contributed by atoms with Crippen LogP contribution in [-0.2, 0) is 45.9 Å². The minimum Gasteiger partial charge on any atom is -0.462 e. The van der Waals surface area contributed by atoms with E-state index >= 15 is 0 Å². The van der Waals surface area contributed by atoms with E-state index < -0.39 is 77.2 Å². The molecule has 2 aliphatic rings. The van der Waals surface area contributed by atoms with E-state index in [1.165, 1.54) is 10.4 Å². The van der Waals surface area contributed by atoms with Crippen molar-refractivity contribution >= 4 is 57.9 Å². The molecule has 0 aliphatic carbocycles. The van der Waals surface area contributed by atoms with Crippen LogP contribution < -0.4 is 10.4 Å². The van der Waals surface area contributed by atoms with Gasteiger partial charge in [0.25, 0.3) is 8.32 Å². The fourth-order valence-corrected chi connectivity index (χ4v) is 27.2. The van der Waals surface area contributed by atoms with E-state index in [0.29, 0.717) is 13.0 Å². The second-order valence-corrected chi connectivity index (χ2v) is 50.7. The van der Waals surface area contributed by atoms with Crippen molar-refractivity contribution in [2.45, 2.75) is 290 Å². The lowest BCUT2D eigenvalue weighted by molar-refractivity contribution is -0.354. The van der Waals surface area contributed by atoms with Crippen LogP contribution in [0, 0.1) is 17.3 Å². The van der Waals surface area contributed by atoms with Crippen molar-refractivity contribution in [2.75, 3.05) is 20.3 Å². The number of benzene rings is 2. The third-order valence-corrected chi connectivity index (χ3v) is 43.4. The predicted molar refractivity (Wildman–Crippen MR) is 342 cm³/mol. The second-order valence-electron chi connectivity index (χ2n) is 27.4. The lowest BCUT2D eigenvalue weighted by atomic mass is 9.79. The van der Waals surface area contributed by atoms with Crippen LogP contribution in [0.4, 0.5) is 0 Å². The molecule has 0 unspecified atom stereocenters. The highest BCUT2D eigenvalue weighted by Gasteiger charge is 2.62. The summed E-state index contributed by atoms with van der Waals surface area (Å²) < 4.78 is 67.9. The van der Waals surface area contributed by atoms with Crippen LogP contribution in [0.1, 0.15) is 164 Å². The fraction of sp³-hybridized carbons (Fsp3) is 0.797. The highest BCUT2D eigenvalue weighted by Crippen LogP contribution is 2.50. The molecule has 0 N–H and O–H groups in total. The number of esters is 1. The first kappa shape index (κ1) is 70.2. The molecule has 10 atom stereocenters. The highest BCUT2D eigenvalue weighted by molar-refractivity contribution is 6.99. The minimum absolute atomic E-state index is 0.0281. The van der Waals surface area contributed by atoms with Crippen LogP contribution in [0.25, 0.3) is 0 Å². The Morgan fingerprint density at radius 2 is 1.09 bits per heavy atom. The minimum atomic E-state index is -2.73. The first-order valence-electron chi connectivity index (χ1n) is 31.4. The van der Waals surface area contributed by atoms with E-state index in [0.717, 1.165) is 73.7 Å². The number of methoxy groups -OCH3 is 1. The summed E-state index contributed by atoms with van der Waals surface area (Å²) in [6, 6.07) is 30.6. The molecule has 0 spiro atoms. The molecule has 2 heterocycles. The van der Waals surface area contributed by atoms with Gasteiger partial charge in [-0.05, 0) is 128 Å². The Morgan fingerprint density at radius 3 is 1.51 bits per heavy atom. The van der Waals surface area contributed by atoms with Crippen molar-refractivity contribution in [3.63, 3.8) is 0 Å². The Morgan fingerprint density at radius 1 is 0.620 bits per heavy atom. The molecular formula is C64H118O10Si5. The summed E-state index contributed by atoms with van der Waals surface area (Å²) in [4.78, 5) is 13.9. The van der Waals surface area contributed by atoms with Gasteiger partial charge in [-0.2, -0.15) is 0 Å².